The summed E-state index contributed by atoms with van der Waals surface area (Å²) in [4.78, 5) is 21.6. The van der Waals surface area contributed by atoms with Crippen LogP contribution in [0.4, 0.5) is 18.0 Å². The lowest BCUT2D eigenvalue weighted by Gasteiger charge is -2.17. The summed E-state index contributed by atoms with van der Waals surface area (Å²) in [5, 5.41) is 10.4. The molecular formula is C14H16F3NO5. The molecule has 1 unspecified atom stereocenters. The Labute approximate surface area is 130 Å². The summed E-state index contributed by atoms with van der Waals surface area (Å²) in [6, 6.07) is 4.32. The number of hydrogen-bond acceptors (Lipinski definition) is 4. The number of benzene rings is 1. The van der Waals surface area contributed by atoms with Crippen LogP contribution in [0.5, 0.6) is 5.75 Å². The fourth-order valence-electron chi connectivity index (χ4n) is 1.53. The van der Waals surface area contributed by atoms with Crippen molar-refractivity contribution in [2.45, 2.75) is 25.6 Å². The molecule has 23 heavy (non-hydrogen) atoms. The molecule has 0 radical (unpaired) electrons. The van der Waals surface area contributed by atoms with E-state index in [1.54, 1.807) is 6.92 Å². The summed E-state index contributed by atoms with van der Waals surface area (Å²) in [5.74, 6) is -1.23. The predicted molar refractivity (Wildman–Crippen MR) is 73.1 cm³/mol. The average molecular weight is 335 g/mol. The van der Waals surface area contributed by atoms with Crippen molar-refractivity contribution in [2.75, 3.05) is 13.2 Å². The summed E-state index contributed by atoms with van der Waals surface area (Å²) in [5.41, 5.74) is -0.844. The van der Waals surface area contributed by atoms with Gasteiger partial charge in [-0.05, 0) is 24.6 Å². The van der Waals surface area contributed by atoms with Gasteiger partial charge in [-0.2, -0.15) is 13.2 Å². The molecule has 1 atom stereocenters. The van der Waals surface area contributed by atoms with Crippen molar-refractivity contribution < 1.29 is 37.3 Å². The highest BCUT2D eigenvalue weighted by molar-refractivity contribution is 5.76. The summed E-state index contributed by atoms with van der Waals surface area (Å²) in [6.07, 6.45) is -5.79. The minimum absolute atomic E-state index is 0.00665. The van der Waals surface area contributed by atoms with Crippen LogP contribution >= 0.6 is 0 Å². The lowest BCUT2D eigenvalue weighted by Crippen LogP contribution is -2.34. The molecule has 0 aromatic heterocycles. The largest absolute Gasteiger partial charge is 0.490 e. The first-order valence-corrected chi connectivity index (χ1v) is 6.68. The van der Waals surface area contributed by atoms with Gasteiger partial charge in [-0.3, -0.25) is 4.79 Å². The van der Waals surface area contributed by atoms with Gasteiger partial charge in [-0.25, -0.2) is 4.79 Å². The molecule has 0 saturated carbocycles. The minimum Gasteiger partial charge on any atom is -0.490 e. The highest BCUT2D eigenvalue weighted by atomic mass is 19.4. The molecule has 0 spiro atoms. The Kier molecular flexibility index (Phi) is 6.67. The van der Waals surface area contributed by atoms with Crippen molar-refractivity contribution in [1.82, 2.24) is 5.32 Å². The van der Waals surface area contributed by atoms with Crippen molar-refractivity contribution in [3.05, 3.63) is 29.8 Å². The number of rotatable bonds is 7. The van der Waals surface area contributed by atoms with Crippen LogP contribution in [0, 0.1) is 0 Å². The monoisotopic (exact) mass is 335 g/mol. The van der Waals surface area contributed by atoms with Crippen LogP contribution in [-0.2, 0) is 15.7 Å². The number of hydrogen-bond donors (Lipinski definition) is 2. The van der Waals surface area contributed by atoms with Crippen molar-refractivity contribution in [3.63, 3.8) is 0 Å². The lowest BCUT2D eigenvalue weighted by molar-refractivity contribution is -0.138. The first-order chi connectivity index (χ1) is 10.7. The number of carboxylic acids is 1. The van der Waals surface area contributed by atoms with E-state index >= 15 is 0 Å². The minimum atomic E-state index is -4.48. The fourth-order valence-corrected chi connectivity index (χ4v) is 1.53. The Balaban J connectivity index is 2.54. The third-order valence-corrected chi connectivity index (χ3v) is 2.71. The van der Waals surface area contributed by atoms with Crippen LogP contribution in [0.2, 0.25) is 0 Å². The van der Waals surface area contributed by atoms with E-state index in [9.17, 15) is 22.8 Å². The Morgan fingerprint density at radius 1 is 1.35 bits per heavy atom. The van der Waals surface area contributed by atoms with Gasteiger partial charge < -0.3 is 19.9 Å². The van der Waals surface area contributed by atoms with Gasteiger partial charge in [0.05, 0.1) is 5.56 Å². The Hall–Kier alpha value is -2.45. The van der Waals surface area contributed by atoms with Gasteiger partial charge in [0.15, 0.2) is 0 Å². The number of alkyl carbamates (subject to hydrolysis) is 1. The third-order valence-electron chi connectivity index (χ3n) is 2.71. The Morgan fingerprint density at radius 2 is 2.04 bits per heavy atom. The molecule has 1 aromatic carbocycles. The van der Waals surface area contributed by atoms with Gasteiger partial charge >= 0.3 is 18.2 Å². The molecule has 9 heteroatoms. The van der Waals surface area contributed by atoms with Crippen LogP contribution < -0.4 is 10.1 Å². The summed E-state index contributed by atoms with van der Waals surface area (Å²) in [6.45, 7) is 0.937. The topological polar surface area (TPSA) is 84.9 Å². The normalized spacial score (nSPS) is 12.3. The predicted octanol–water partition coefficient (Wildman–Crippen LogP) is 2.67. The molecule has 0 bridgehead atoms. The van der Waals surface area contributed by atoms with Gasteiger partial charge in [0.25, 0.3) is 0 Å². The molecular weight excluding hydrogens is 319 g/mol. The number of alkyl halides is 3. The summed E-state index contributed by atoms with van der Waals surface area (Å²) < 4.78 is 47.8. The van der Waals surface area contributed by atoms with Gasteiger partial charge in [0.1, 0.15) is 25.0 Å². The van der Waals surface area contributed by atoms with E-state index in [0.717, 1.165) is 12.1 Å². The Bertz CT molecular complexity index is 547. The van der Waals surface area contributed by atoms with E-state index in [1.165, 1.54) is 12.1 Å². The number of ether oxygens (including phenoxy) is 2. The number of halogens is 3. The molecule has 1 rings (SSSR count). The molecule has 0 saturated heterocycles. The van der Waals surface area contributed by atoms with Crippen molar-refractivity contribution in [1.29, 1.82) is 0 Å². The maximum Gasteiger partial charge on any atom is 0.416 e. The van der Waals surface area contributed by atoms with Crippen molar-refractivity contribution in [2.24, 2.45) is 0 Å². The van der Waals surface area contributed by atoms with E-state index in [2.05, 4.69) is 0 Å². The highest BCUT2D eigenvalue weighted by Gasteiger charge is 2.30. The number of carbonyl (C=O) groups excluding carboxylic acids is 1. The molecule has 1 amide bonds. The molecule has 2 N–H and O–H groups in total. The van der Waals surface area contributed by atoms with Crippen LogP contribution in [-0.4, -0.2) is 36.4 Å². The SMILES string of the molecule is CCC(COc1cccc(C(F)(F)F)c1)OC(=O)NCC(=O)O. The molecule has 0 aliphatic heterocycles. The van der Waals surface area contributed by atoms with E-state index < -0.39 is 36.5 Å². The second-order valence-electron chi connectivity index (χ2n) is 4.52. The maximum absolute atomic E-state index is 12.6. The second kappa shape index (κ2) is 8.25. The molecule has 1 aromatic rings. The third kappa shape index (κ3) is 6.90. The number of carboxylic acid groups (broad SMARTS) is 1. The number of carbonyl (C=O) groups is 2. The van der Waals surface area contributed by atoms with Gasteiger partial charge in [0, 0.05) is 0 Å². The maximum atomic E-state index is 12.6. The van der Waals surface area contributed by atoms with E-state index in [1.807, 2.05) is 5.32 Å². The van der Waals surface area contributed by atoms with E-state index in [0.29, 0.717) is 6.42 Å². The molecule has 0 aliphatic rings. The van der Waals surface area contributed by atoms with Crippen LogP contribution in [0.25, 0.3) is 0 Å². The van der Waals surface area contributed by atoms with E-state index in [4.69, 9.17) is 14.6 Å². The number of nitrogens with one attached hydrogen (secondary N) is 1. The molecule has 0 aliphatic carbocycles. The summed E-state index contributed by atoms with van der Waals surface area (Å²) >= 11 is 0. The van der Waals surface area contributed by atoms with Gasteiger partial charge in [-0.1, -0.05) is 13.0 Å². The Morgan fingerprint density at radius 3 is 2.61 bits per heavy atom. The van der Waals surface area contributed by atoms with Crippen LogP contribution in [0.15, 0.2) is 24.3 Å². The second-order valence-corrected chi connectivity index (χ2v) is 4.52. The van der Waals surface area contributed by atoms with Crippen molar-refractivity contribution >= 4 is 12.1 Å². The van der Waals surface area contributed by atoms with Gasteiger partial charge in [0.2, 0.25) is 0 Å². The smallest absolute Gasteiger partial charge is 0.416 e. The van der Waals surface area contributed by atoms with Crippen molar-refractivity contribution in [3.8, 4) is 5.75 Å². The fraction of sp³-hybridized carbons (Fsp3) is 0.429. The molecule has 0 fully saturated rings. The van der Waals surface area contributed by atoms with Crippen LogP contribution in [0.3, 0.4) is 0 Å². The number of aliphatic carboxylic acids is 1. The lowest BCUT2D eigenvalue weighted by atomic mass is 10.2. The quantitative estimate of drug-likeness (QED) is 0.800. The van der Waals surface area contributed by atoms with Gasteiger partial charge in [-0.15, -0.1) is 0 Å². The average Bonchev–Trinajstić information content (AvgIpc) is 2.48. The molecule has 0 heterocycles. The standard InChI is InChI=1S/C14H16F3NO5/c1-2-10(23-13(21)18-7-12(19)20)8-22-11-5-3-4-9(6-11)14(15,16)17/h3-6,10H,2,7-8H2,1H3,(H,18,21)(H,19,20). The zero-order chi connectivity index (χ0) is 17.5. The molecule has 128 valence electrons. The highest BCUT2D eigenvalue weighted by Crippen LogP contribution is 2.31. The first kappa shape index (κ1) is 18.6. The zero-order valence-electron chi connectivity index (χ0n) is 12.2. The zero-order valence-corrected chi connectivity index (χ0v) is 12.2. The number of amides is 1. The summed E-state index contributed by atoms with van der Waals surface area (Å²) in [7, 11) is 0. The van der Waals surface area contributed by atoms with E-state index in [-0.39, 0.29) is 12.4 Å². The first-order valence-electron chi connectivity index (χ1n) is 6.68. The van der Waals surface area contributed by atoms with Crippen LogP contribution in [0.1, 0.15) is 18.9 Å². The molecule has 6 nitrogen and oxygen atoms in total.